The Morgan fingerprint density at radius 1 is 1.27 bits per heavy atom. The minimum absolute atomic E-state index is 0.0619. The fraction of sp³-hybridized carbons (Fsp3) is 0.529. The maximum atomic E-state index is 12.3. The molecule has 0 bridgehead atoms. The molecule has 1 rings (SSSR count). The summed E-state index contributed by atoms with van der Waals surface area (Å²) in [6.45, 7) is 10.4. The summed E-state index contributed by atoms with van der Waals surface area (Å²) in [6, 6.07) is 9.78. The summed E-state index contributed by atoms with van der Waals surface area (Å²) >= 11 is 0. The van der Waals surface area contributed by atoms with Crippen LogP contribution in [-0.2, 0) is 11.3 Å². The van der Waals surface area contributed by atoms with Crippen LogP contribution in [0.15, 0.2) is 30.3 Å². The van der Waals surface area contributed by atoms with Crippen molar-refractivity contribution in [2.75, 3.05) is 6.54 Å². The number of rotatable bonds is 4. The Morgan fingerprint density at radius 3 is 2.36 bits per heavy atom. The quantitative estimate of drug-likeness (QED) is 0.660. The number of hydrogen-bond donors (Lipinski definition) is 2. The topological polar surface area (TPSA) is 65.4 Å². The first-order valence-corrected chi connectivity index (χ1v) is 7.56. The molecule has 1 amide bonds. The number of guanidine groups is 1. The van der Waals surface area contributed by atoms with Gasteiger partial charge in [-0.2, -0.15) is 0 Å². The van der Waals surface area contributed by atoms with Gasteiger partial charge in [0, 0.05) is 13.1 Å². The SMILES string of the molecule is CC(C)CN(C(=N)NCc1ccccc1)C(=O)OC(C)(C)C. The Hall–Kier alpha value is -2.04. The Morgan fingerprint density at radius 2 is 1.86 bits per heavy atom. The van der Waals surface area contributed by atoms with Crippen molar-refractivity contribution >= 4 is 12.1 Å². The molecule has 0 atom stereocenters. The Kier molecular flexibility index (Phi) is 6.40. The third kappa shape index (κ3) is 6.61. The van der Waals surface area contributed by atoms with Crippen LogP contribution >= 0.6 is 0 Å². The predicted molar refractivity (Wildman–Crippen MR) is 88.8 cm³/mol. The number of hydrogen-bond acceptors (Lipinski definition) is 3. The zero-order valence-corrected chi connectivity index (χ0v) is 14.1. The Bertz CT molecular complexity index is 492. The second-order valence-corrected chi connectivity index (χ2v) is 6.67. The van der Waals surface area contributed by atoms with Crippen molar-refractivity contribution < 1.29 is 9.53 Å². The van der Waals surface area contributed by atoms with Gasteiger partial charge in [-0.3, -0.25) is 5.41 Å². The normalized spacial score (nSPS) is 11.2. The van der Waals surface area contributed by atoms with E-state index in [1.165, 1.54) is 4.90 Å². The van der Waals surface area contributed by atoms with Crippen LogP contribution in [0.25, 0.3) is 0 Å². The molecule has 0 fully saturated rings. The molecule has 5 heteroatoms. The molecule has 0 radical (unpaired) electrons. The largest absolute Gasteiger partial charge is 0.443 e. The van der Waals surface area contributed by atoms with E-state index >= 15 is 0 Å². The van der Waals surface area contributed by atoms with Crippen molar-refractivity contribution in [1.82, 2.24) is 10.2 Å². The maximum Gasteiger partial charge on any atom is 0.417 e. The minimum atomic E-state index is -0.577. The molecule has 0 spiro atoms. The van der Waals surface area contributed by atoms with Crippen LogP contribution in [0.4, 0.5) is 4.79 Å². The molecule has 1 aromatic rings. The van der Waals surface area contributed by atoms with Crippen molar-refractivity contribution in [3.63, 3.8) is 0 Å². The molecule has 0 aliphatic heterocycles. The molecule has 0 heterocycles. The van der Waals surface area contributed by atoms with E-state index in [0.717, 1.165) is 5.56 Å². The molecule has 0 aromatic heterocycles. The molecule has 22 heavy (non-hydrogen) atoms. The molecule has 0 aliphatic rings. The highest BCUT2D eigenvalue weighted by Crippen LogP contribution is 2.11. The lowest BCUT2D eigenvalue weighted by molar-refractivity contribution is 0.0348. The standard InChI is InChI=1S/C17H27N3O2/c1-13(2)12-20(16(21)22-17(3,4)5)15(18)19-11-14-9-7-6-8-10-14/h6-10,13H,11-12H2,1-5H3,(H2,18,19). The molecule has 0 aliphatic carbocycles. The van der Waals surface area contributed by atoms with Gasteiger partial charge in [0.05, 0.1) is 0 Å². The van der Waals surface area contributed by atoms with Crippen molar-refractivity contribution in [1.29, 1.82) is 5.41 Å². The van der Waals surface area contributed by atoms with Gasteiger partial charge >= 0.3 is 6.09 Å². The van der Waals surface area contributed by atoms with E-state index in [2.05, 4.69) is 5.32 Å². The van der Waals surface area contributed by atoms with Gasteiger partial charge in [-0.15, -0.1) is 0 Å². The van der Waals surface area contributed by atoms with Gasteiger partial charge in [-0.05, 0) is 32.3 Å². The zero-order chi connectivity index (χ0) is 16.8. The second-order valence-electron chi connectivity index (χ2n) is 6.67. The van der Waals surface area contributed by atoms with E-state index in [1.807, 2.05) is 65.0 Å². The van der Waals surface area contributed by atoms with E-state index < -0.39 is 11.7 Å². The summed E-state index contributed by atoms with van der Waals surface area (Å²) in [5.74, 6) is 0.304. The van der Waals surface area contributed by atoms with Gasteiger partial charge in [0.1, 0.15) is 5.60 Å². The van der Waals surface area contributed by atoms with E-state index in [4.69, 9.17) is 10.1 Å². The van der Waals surface area contributed by atoms with E-state index in [1.54, 1.807) is 0 Å². The third-order valence-corrected chi connectivity index (χ3v) is 2.73. The fourth-order valence-corrected chi connectivity index (χ4v) is 1.82. The van der Waals surface area contributed by atoms with Crippen molar-refractivity contribution in [2.24, 2.45) is 5.92 Å². The van der Waals surface area contributed by atoms with Crippen LogP contribution in [0.3, 0.4) is 0 Å². The van der Waals surface area contributed by atoms with E-state index in [9.17, 15) is 4.79 Å². The summed E-state index contributed by atoms with van der Waals surface area (Å²) < 4.78 is 5.38. The van der Waals surface area contributed by atoms with Crippen LogP contribution in [0.5, 0.6) is 0 Å². The number of ether oxygens (including phenoxy) is 1. The average Bonchev–Trinajstić information content (AvgIpc) is 2.41. The zero-order valence-electron chi connectivity index (χ0n) is 14.1. The first-order chi connectivity index (χ1) is 10.2. The summed E-state index contributed by atoms with van der Waals surface area (Å²) in [5.41, 5.74) is 0.479. The lowest BCUT2D eigenvalue weighted by Crippen LogP contribution is -2.47. The number of nitrogens with zero attached hydrogens (tertiary/aromatic N) is 1. The lowest BCUT2D eigenvalue weighted by atomic mass is 10.2. The maximum absolute atomic E-state index is 12.3. The summed E-state index contributed by atoms with van der Waals surface area (Å²) in [5, 5.41) is 11.1. The van der Waals surface area contributed by atoms with Crippen LogP contribution in [0, 0.1) is 11.3 Å². The van der Waals surface area contributed by atoms with Gasteiger partial charge < -0.3 is 10.1 Å². The summed E-state index contributed by atoms with van der Waals surface area (Å²) in [4.78, 5) is 13.6. The first-order valence-electron chi connectivity index (χ1n) is 7.56. The molecular formula is C17H27N3O2. The molecule has 5 nitrogen and oxygen atoms in total. The number of carbonyl (C=O) groups is 1. The van der Waals surface area contributed by atoms with Crippen molar-refractivity contribution in [3.05, 3.63) is 35.9 Å². The van der Waals surface area contributed by atoms with E-state index in [0.29, 0.717) is 13.1 Å². The van der Waals surface area contributed by atoms with Gasteiger partial charge in [0.2, 0.25) is 5.96 Å². The van der Waals surface area contributed by atoms with Crippen LogP contribution in [-0.4, -0.2) is 29.1 Å². The fourth-order valence-electron chi connectivity index (χ4n) is 1.82. The number of carbonyl (C=O) groups excluding carboxylic acids is 1. The molecule has 0 saturated heterocycles. The summed E-state index contributed by atoms with van der Waals surface area (Å²) in [7, 11) is 0. The highest BCUT2D eigenvalue weighted by molar-refractivity contribution is 5.92. The monoisotopic (exact) mass is 305 g/mol. The van der Waals surface area contributed by atoms with Crippen LogP contribution < -0.4 is 5.32 Å². The number of benzene rings is 1. The highest BCUT2D eigenvalue weighted by atomic mass is 16.6. The molecule has 0 unspecified atom stereocenters. The minimum Gasteiger partial charge on any atom is -0.443 e. The third-order valence-electron chi connectivity index (χ3n) is 2.73. The average molecular weight is 305 g/mol. The van der Waals surface area contributed by atoms with Gasteiger partial charge in [0.15, 0.2) is 0 Å². The van der Waals surface area contributed by atoms with Gasteiger partial charge in [0.25, 0.3) is 0 Å². The molecule has 122 valence electrons. The Labute approximate surface area is 133 Å². The number of amides is 1. The van der Waals surface area contributed by atoms with E-state index in [-0.39, 0.29) is 11.9 Å². The van der Waals surface area contributed by atoms with Crippen LogP contribution in [0.2, 0.25) is 0 Å². The number of nitrogens with one attached hydrogen (secondary N) is 2. The van der Waals surface area contributed by atoms with Crippen molar-refractivity contribution in [3.8, 4) is 0 Å². The summed E-state index contributed by atoms with van der Waals surface area (Å²) in [6.07, 6.45) is -0.494. The smallest absolute Gasteiger partial charge is 0.417 e. The molecular weight excluding hydrogens is 278 g/mol. The molecule has 0 saturated carbocycles. The van der Waals surface area contributed by atoms with Gasteiger partial charge in [-0.1, -0.05) is 44.2 Å². The second kappa shape index (κ2) is 7.82. The first kappa shape index (κ1) is 18.0. The Balaban J connectivity index is 2.69. The molecule has 1 aromatic carbocycles. The highest BCUT2D eigenvalue weighted by Gasteiger charge is 2.25. The predicted octanol–water partition coefficient (Wildman–Crippen LogP) is 3.60. The van der Waals surface area contributed by atoms with Crippen LogP contribution in [0.1, 0.15) is 40.2 Å². The van der Waals surface area contributed by atoms with Gasteiger partial charge in [-0.25, -0.2) is 9.69 Å². The molecule has 2 N–H and O–H groups in total. The van der Waals surface area contributed by atoms with Crippen molar-refractivity contribution in [2.45, 2.75) is 46.8 Å². The lowest BCUT2D eigenvalue weighted by Gasteiger charge is -2.29.